The van der Waals surface area contributed by atoms with Crippen LogP contribution in [-0.4, -0.2) is 51.1 Å². The Bertz CT molecular complexity index is 553. The lowest BCUT2D eigenvalue weighted by atomic mass is 9.93. The monoisotopic (exact) mass is 334 g/mol. The number of nitrogens with one attached hydrogen (secondary N) is 2. The number of carbonyl (C=O) groups excluding carboxylic acids is 1. The minimum absolute atomic E-state index is 0.0140. The molecule has 1 rings (SSSR count). The van der Waals surface area contributed by atoms with Crippen molar-refractivity contribution >= 4 is 11.9 Å². The Balaban J connectivity index is 2.81. The van der Waals surface area contributed by atoms with Crippen molar-refractivity contribution in [1.82, 2.24) is 15.5 Å². The van der Waals surface area contributed by atoms with Crippen LogP contribution in [0.25, 0.3) is 0 Å². The van der Waals surface area contributed by atoms with Crippen molar-refractivity contribution in [2.45, 2.75) is 27.3 Å². The van der Waals surface area contributed by atoms with Gasteiger partial charge in [0, 0.05) is 27.2 Å². The van der Waals surface area contributed by atoms with Gasteiger partial charge in [-0.2, -0.15) is 0 Å². The van der Waals surface area contributed by atoms with Gasteiger partial charge in [0.2, 0.25) is 5.91 Å². The molecule has 0 atom stereocenters. The Morgan fingerprint density at radius 2 is 1.92 bits per heavy atom. The number of rotatable bonds is 7. The Morgan fingerprint density at radius 3 is 2.42 bits per heavy atom. The third-order valence-corrected chi connectivity index (χ3v) is 3.74. The van der Waals surface area contributed by atoms with Gasteiger partial charge >= 0.3 is 0 Å². The topological polar surface area (TPSA) is 66.0 Å². The quantitative estimate of drug-likeness (QED) is 0.590. The molecule has 0 aliphatic carbocycles. The van der Waals surface area contributed by atoms with Gasteiger partial charge in [0.15, 0.2) is 5.96 Å². The van der Waals surface area contributed by atoms with E-state index in [2.05, 4.69) is 15.6 Å². The average Bonchev–Trinajstić information content (AvgIpc) is 2.58. The highest BCUT2D eigenvalue weighted by molar-refractivity contribution is 5.83. The van der Waals surface area contributed by atoms with Crippen LogP contribution >= 0.6 is 0 Å². The minimum Gasteiger partial charge on any atom is -0.497 e. The van der Waals surface area contributed by atoms with E-state index in [9.17, 15) is 4.79 Å². The van der Waals surface area contributed by atoms with Crippen LogP contribution in [0.2, 0.25) is 0 Å². The average molecular weight is 334 g/mol. The van der Waals surface area contributed by atoms with Crippen LogP contribution in [0.5, 0.6) is 5.75 Å². The SMILES string of the molecule is CCNC(=NCC(C)(C)C(=O)NC)N(C)Cc1ccc(OC)cc1. The maximum absolute atomic E-state index is 11.9. The highest BCUT2D eigenvalue weighted by atomic mass is 16.5. The fourth-order valence-corrected chi connectivity index (χ4v) is 2.23. The molecule has 1 amide bonds. The highest BCUT2D eigenvalue weighted by Crippen LogP contribution is 2.16. The third kappa shape index (κ3) is 5.76. The number of nitrogens with zero attached hydrogens (tertiary/aromatic N) is 2. The van der Waals surface area contributed by atoms with Gasteiger partial charge in [-0.25, -0.2) is 0 Å². The first kappa shape index (κ1) is 19.8. The molecule has 134 valence electrons. The van der Waals surface area contributed by atoms with E-state index in [0.717, 1.165) is 30.4 Å². The molecule has 1 aromatic rings. The standard InChI is InChI=1S/C18H30N4O2/c1-7-20-17(21-13-18(2,3)16(23)19-4)22(5)12-14-8-10-15(24-6)11-9-14/h8-11H,7,12-13H2,1-6H3,(H,19,23)(H,20,21). The van der Waals surface area contributed by atoms with Crippen LogP contribution in [0.4, 0.5) is 0 Å². The third-order valence-electron chi connectivity index (χ3n) is 3.74. The zero-order valence-corrected chi connectivity index (χ0v) is 15.6. The summed E-state index contributed by atoms with van der Waals surface area (Å²) in [5.41, 5.74) is 0.616. The molecule has 0 saturated heterocycles. The molecule has 0 saturated carbocycles. The Morgan fingerprint density at radius 1 is 1.29 bits per heavy atom. The fraction of sp³-hybridized carbons (Fsp3) is 0.556. The van der Waals surface area contributed by atoms with Crippen molar-refractivity contribution in [3.05, 3.63) is 29.8 Å². The number of hydrogen-bond acceptors (Lipinski definition) is 3. The van der Waals surface area contributed by atoms with E-state index in [1.807, 2.05) is 57.0 Å². The van der Waals surface area contributed by atoms with Crippen LogP contribution in [0.15, 0.2) is 29.3 Å². The number of benzene rings is 1. The first-order valence-corrected chi connectivity index (χ1v) is 8.18. The van der Waals surface area contributed by atoms with Crippen molar-refractivity contribution in [2.75, 3.05) is 34.3 Å². The zero-order chi connectivity index (χ0) is 18.2. The molecule has 0 radical (unpaired) electrons. The maximum Gasteiger partial charge on any atom is 0.227 e. The van der Waals surface area contributed by atoms with E-state index in [1.165, 1.54) is 0 Å². The molecule has 0 aromatic heterocycles. The Hall–Kier alpha value is -2.24. The summed E-state index contributed by atoms with van der Waals surface area (Å²) in [6.45, 7) is 7.72. The van der Waals surface area contributed by atoms with Gasteiger partial charge in [0.05, 0.1) is 19.1 Å². The summed E-state index contributed by atoms with van der Waals surface area (Å²) in [6.07, 6.45) is 0. The summed E-state index contributed by atoms with van der Waals surface area (Å²) >= 11 is 0. The zero-order valence-electron chi connectivity index (χ0n) is 15.6. The highest BCUT2D eigenvalue weighted by Gasteiger charge is 2.26. The molecular formula is C18H30N4O2. The molecule has 0 heterocycles. The molecule has 0 aliphatic heterocycles. The van der Waals surface area contributed by atoms with Gasteiger partial charge < -0.3 is 20.3 Å². The molecular weight excluding hydrogens is 304 g/mol. The molecule has 0 bridgehead atoms. The maximum atomic E-state index is 11.9. The van der Waals surface area contributed by atoms with Gasteiger partial charge in [0.25, 0.3) is 0 Å². The summed E-state index contributed by atoms with van der Waals surface area (Å²) in [5.74, 6) is 1.61. The first-order valence-electron chi connectivity index (χ1n) is 8.18. The number of ether oxygens (including phenoxy) is 1. The Labute approximate surface area is 145 Å². The van der Waals surface area contributed by atoms with E-state index in [-0.39, 0.29) is 5.91 Å². The smallest absolute Gasteiger partial charge is 0.227 e. The molecule has 1 aromatic carbocycles. The molecule has 6 heteroatoms. The van der Waals surface area contributed by atoms with E-state index in [1.54, 1.807) is 14.2 Å². The first-order chi connectivity index (χ1) is 11.3. The number of amides is 1. The van der Waals surface area contributed by atoms with Crippen molar-refractivity contribution < 1.29 is 9.53 Å². The summed E-state index contributed by atoms with van der Waals surface area (Å²) in [4.78, 5) is 18.6. The molecule has 24 heavy (non-hydrogen) atoms. The van der Waals surface area contributed by atoms with Crippen molar-refractivity contribution in [1.29, 1.82) is 0 Å². The number of methoxy groups -OCH3 is 1. The number of aliphatic imine (C=N–C) groups is 1. The minimum atomic E-state index is -0.545. The largest absolute Gasteiger partial charge is 0.497 e. The van der Waals surface area contributed by atoms with Crippen molar-refractivity contribution in [3.8, 4) is 5.75 Å². The lowest BCUT2D eigenvalue weighted by molar-refractivity contribution is -0.128. The lowest BCUT2D eigenvalue weighted by Crippen LogP contribution is -2.41. The van der Waals surface area contributed by atoms with Crippen LogP contribution in [-0.2, 0) is 11.3 Å². The van der Waals surface area contributed by atoms with E-state index in [4.69, 9.17) is 4.74 Å². The van der Waals surface area contributed by atoms with Gasteiger partial charge in [0.1, 0.15) is 5.75 Å². The predicted molar refractivity (Wildman–Crippen MR) is 98.3 cm³/mol. The Kier molecular flexibility index (Phi) is 7.55. The van der Waals surface area contributed by atoms with Crippen molar-refractivity contribution in [2.24, 2.45) is 10.4 Å². The van der Waals surface area contributed by atoms with Gasteiger partial charge in [-0.3, -0.25) is 9.79 Å². The molecule has 0 aliphatic rings. The second-order valence-electron chi connectivity index (χ2n) is 6.34. The summed E-state index contributed by atoms with van der Waals surface area (Å²) < 4.78 is 5.18. The predicted octanol–water partition coefficient (Wildman–Crippen LogP) is 1.86. The summed E-state index contributed by atoms with van der Waals surface area (Å²) in [7, 11) is 5.29. The molecule has 2 N–H and O–H groups in total. The molecule has 0 spiro atoms. The van der Waals surface area contributed by atoms with Crippen LogP contribution in [0.1, 0.15) is 26.3 Å². The fourth-order valence-electron chi connectivity index (χ4n) is 2.23. The van der Waals surface area contributed by atoms with Gasteiger partial charge in [-0.1, -0.05) is 12.1 Å². The van der Waals surface area contributed by atoms with Gasteiger partial charge in [-0.15, -0.1) is 0 Å². The number of carbonyl (C=O) groups is 1. The number of guanidine groups is 1. The lowest BCUT2D eigenvalue weighted by Gasteiger charge is -2.25. The van der Waals surface area contributed by atoms with Crippen LogP contribution < -0.4 is 15.4 Å². The van der Waals surface area contributed by atoms with E-state index in [0.29, 0.717) is 6.54 Å². The van der Waals surface area contributed by atoms with Crippen LogP contribution in [0.3, 0.4) is 0 Å². The molecule has 6 nitrogen and oxygen atoms in total. The van der Waals surface area contributed by atoms with Crippen molar-refractivity contribution in [3.63, 3.8) is 0 Å². The number of hydrogen-bond donors (Lipinski definition) is 2. The second-order valence-corrected chi connectivity index (χ2v) is 6.34. The summed E-state index contributed by atoms with van der Waals surface area (Å²) in [5, 5.41) is 5.96. The molecule has 0 unspecified atom stereocenters. The van der Waals surface area contributed by atoms with E-state index >= 15 is 0 Å². The van der Waals surface area contributed by atoms with Crippen LogP contribution in [0, 0.1) is 5.41 Å². The summed E-state index contributed by atoms with van der Waals surface area (Å²) in [6, 6.07) is 7.96. The normalized spacial score (nSPS) is 11.8. The second kappa shape index (κ2) is 9.15. The van der Waals surface area contributed by atoms with Gasteiger partial charge in [-0.05, 0) is 38.5 Å². The molecule has 0 fully saturated rings. The van der Waals surface area contributed by atoms with E-state index < -0.39 is 5.41 Å².